The van der Waals surface area contributed by atoms with Gasteiger partial charge in [-0.1, -0.05) is 13.3 Å². The van der Waals surface area contributed by atoms with Crippen LogP contribution < -0.4 is 5.32 Å². The number of carbonyl (C=O) groups excluding carboxylic acids is 2. The Kier molecular flexibility index (Phi) is 29.2. The second kappa shape index (κ2) is 31.2. The predicted octanol–water partition coefficient (Wildman–Crippen LogP) is 9.15. The van der Waals surface area contributed by atoms with Gasteiger partial charge in [0, 0.05) is 70.8 Å². The zero-order valence-electron chi connectivity index (χ0n) is 39.7. The molecular weight excluding hydrogens is 793 g/mol. The van der Waals surface area contributed by atoms with Crippen LogP contribution in [-0.2, 0) is 23.2 Å². The number of rotatable bonds is 24. The molecule has 340 valence electrons. The minimum atomic E-state index is -4.88. The summed E-state index contributed by atoms with van der Waals surface area (Å²) in [6, 6.07) is 2.07. The van der Waals surface area contributed by atoms with Gasteiger partial charge in [-0.05, 0) is 114 Å². The van der Waals surface area contributed by atoms with Crippen molar-refractivity contribution in [1.82, 2.24) is 24.2 Å². The van der Waals surface area contributed by atoms with Gasteiger partial charge in [0.2, 0.25) is 20.4 Å². The van der Waals surface area contributed by atoms with Gasteiger partial charge in [-0.15, -0.1) is 0 Å². The molecule has 0 aromatic rings. The first-order valence-corrected chi connectivity index (χ1v) is 22.7. The number of hydrogen-bond acceptors (Lipinski definition) is 9. The maximum absolute atomic E-state index is 12.6. The number of nitrogens with zero attached hydrogens (tertiary/aromatic N) is 6. The summed E-state index contributed by atoms with van der Waals surface area (Å²) in [5.74, 6) is -1.95. The lowest BCUT2D eigenvalue weighted by Crippen LogP contribution is -2.44. The number of carbonyl (C=O) groups is 2. The molecule has 0 aromatic heterocycles. The average molecular weight is 876 g/mol. The van der Waals surface area contributed by atoms with Crippen molar-refractivity contribution in [2.75, 3.05) is 59.7 Å². The summed E-state index contributed by atoms with van der Waals surface area (Å²) in [6.45, 7) is 42.9. The number of hydrogen-bond donors (Lipinski definition) is 2. The minimum Gasteiger partial charge on any atom is -0.400 e. The Hall–Kier alpha value is -1.71. The molecule has 0 aromatic carbocycles. The van der Waals surface area contributed by atoms with Gasteiger partial charge >= 0.3 is 12.1 Å². The molecule has 0 bridgehead atoms. The first kappa shape index (κ1) is 54.3. The number of nitrogens with one attached hydrogen (secondary N) is 1. The molecule has 1 saturated heterocycles. The SMILES string of the molecule is [3H]CC1(COP(OCC[N+]#[C-])N(C(C)C)C(C)C)CCN(C(=O)CCCCCNC(=O)C(F)(F)F)CC1.[3H]OC.[C-]#[N+]CCOP(N(C(C)C)C(C)C)N(C(C)C)C(C)C. The standard InChI is InChI=1S/C24H42F3N4O4P.C15H32N3OP.CH4O/c1-19(2)31(20(3)4)36(34-17-14-28-6)35-18-23(5)11-15-30(16-12-23)21(32)10-8-7-9-13-29-22(33)24(25,26)27;1-12(2)17(13(3)4)20(19-11-10-16-9)18(14(5)6)15(7)8;1-2/h19-20H,7-18H2,1-5H3,(H,29,33);12-15H,10-11H2,1-8H3;2H,1H3/i5T;;2T. The van der Waals surface area contributed by atoms with E-state index in [-0.39, 0.29) is 50.0 Å². The lowest BCUT2D eigenvalue weighted by atomic mass is 9.81. The Morgan fingerprint density at radius 2 is 1.26 bits per heavy atom. The summed E-state index contributed by atoms with van der Waals surface area (Å²) in [5, 5.41) is 5.33. The molecule has 1 aliphatic rings. The quantitative estimate of drug-likeness (QED) is 0.0557. The van der Waals surface area contributed by atoms with Crippen molar-refractivity contribution in [2.45, 2.75) is 171 Å². The largest absolute Gasteiger partial charge is 0.471 e. The Balaban J connectivity index is 0. The van der Waals surface area contributed by atoms with Crippen LogP contribution in [0.1, 0.15) is 130 Å². The molecule has 0 spiro atoms. The van der Waals surface area contributed by atoms with Crippen molar-refractivity contribution in [3.8, 4) is 0 Å². The Morgan fingerprint density at radius 1 is 0.810 bits per heavy atom. The van der Waals surface area contributed by atoms with E-state index >= 15 is 0 Å². The molecule has 1 fully saturated rings. The fraction of sp³-hybridized carbons (Fsp3) is 0.900. The molecule has 13 nitrogen and oxygen atoms in total. The van der Waals surface area contributed by atoms with E-state index < -0.39 is 29.1 Å². The highest BCUT2D eigenvalue weighted by molar-refractivity contribution is 7.47. The molecule has 0 saturated carbocycles. The third kappa shape index (κ3) is 23.3. The van der Waals surface area contributed by atoms with Crippen LogP contribution in [-0.4, -0.2) is 139 Å². The number of halogens is 3. The fourth-order valence-corrected chi connectivity index (χ4v) is 10.4. The summed E-state index contributed by atoms with van der Waals surface area (Å²) in [6.07, 6.45) is -1.84. The summed E-state index contributed by atoms with van der Waals surface area (Å²) < 4.78 is 75.8. The molecule has 0 aliphatic carbocycles. The molecule has 2 N–H and O–H groups in total. The van der Waals surface area contributed by atoms with Crippen molar-refractivity contribution < 1.29 is 42.8 Å². The van der Waals surface area contributed by atoms with Crippen LogP contribution in [0.15, 0.2) is 0 Å². The molecule has 1 unspecified atom stereocenters. The van der Waals surface area contributed by atoms with Gasteiger partial charge in [-0.3, -0.25) is 9.59 Å². The zero-order valence-corrected chi connectivity index (χ0v) is 39.5. The third-order valence-electron chi connectivity index (χ3n) is 8.84. The van der Waals surface area contributed by atoms with Gasteiger partial charge in [0.25, 0.3) is 8.53 Å². The van der Waals surface area contributed by atoms with Crippen LogP contribution in [0.4, 0.5) is 13.2 Å². The van der Waals surface area contributed by atoms with Crippen molar-refractivity contribution in [1.29, 1.82) is 1.43 Å². The number of amides is 2. The third-order valence-corrected chi connectivity index (χ3v) is 13.9. The average Bonchev–Trinajstić information content (AvgIpc) is 3.14. The van der Waals surface area contributed by atoms with E-state index in [9.17, 15) is 22.8 Å². The van der Waals surface area contributed by atoms with Crippen LogP contribution >= 0.6 is 17.0 Å². The molecule has 18 heteroatoms. The summed E-state index contributed by atoms with van der Waals surface area (Å²) in [4.78, 5) is 31.9. The lowest BCUT2D eigenvalue weighted by molar-refractivity contribution is -0.173. The first-order valence-electron chi connectivity index (χ1n) is 21.5. The highest BCUT2D eigenvalue weighted by atomic mass is 31.2. The lowest BCUT2D eigenvalue weighted by Gasteiger charge is -2.45. The Bertz CT molecular complexity index is 1200. The van der Waals surface area contributed by atoms with Gasteiger partial charge in [0.15, 0.2) is 8.45 Å². The Morgan fingerprint density at radius 3 is 1.66 bits per heavy atom. The first-order chi connectivity index (χ1) is 28.0. The number of unbranched alkanes of at least 4 members (excludes halogenated alkanes) is 2. The van der Waals surface area contributed by atoms with Crippen molar-refractivity contribution in [3.63, 3.8) is 0 Å². The van der Waals surface area contributed by atoms with Crippen LogP contribution in [0.25, 0.3) is 9.69 Å². The molecule has 2 amide bonds. The smallest absolute Gasteiger partial charge is 0.400 e. The second-order valence-corrected chi connectivity index (χ2v) is 19.0. The van der Waals surface area contributed by atoms with E-state index in [2.05, 4.69) is 112 Å². The number of piperidine rings is 1. The van der Waals surface area contributed by atoms with E-state index in [0.717, 1.165) is 0 Å². The highest BCUT2D eigenvalue weighted by Crippen LogP contribution is 2.51. The van der Waals surface area contributed by atoms with Crippen LogP contribution in [0.5, 0.6) is 0 Å². The van der Waals surface area contributed by atoms with Gasteiger partial charge in [-0.25, -0.2) is 27.2 Å². The predicted molar refractivity (Wildman–Crippen MR) is 231 cm³/mol. The van der Waals surface area contributed by atoms with E-state index in [1.165, 1.54) is 7.11 Å². The molecule has 1 aliphatic heterocycles. The zero-order chi connectivity index (χ0) is 46.6. The summed E-state index contributed by atoms with van der Waals surface area (Å²) in [5.41, 5.74) is -0.378. The molecule has 1 heterocycles. The van der Waals surface area contributed by atoms with Gasteiger partial charge < -0.3 is 38.6 Å². The van der Waals surface area contributed by atoms with Crippen LogP contribution in [0.3, 0.4) is 0 Å². The monoisotopic (exact) mass is 876 g/mol. The number of aliphatic hydroxyl groups is 1. The van der Waals surface area contributed by atoms with Gasteiger partial charge in [0.1, 0.15) is 13.2 Å². The van der Waals surface area contributed by atoms with Crippen molar-refractivity contribution >= 4 is 28.8 Å². The second-order valence-electron chi connectivity index (χ2n) is 15.8. The molecule has 1 rings (SSSR count). The van der Waals surface area contributed by atoms with E-state index in [1.807, 2.05) is 5.32 Å². The van der Waals surface area contributed by atoms with Crippen LogP contribution in [0.2, 0.25) is 0 Å². The molecular formula is C40H78F3N7O6P2. The Labute approximate surface area is 355 Å². The number of alkyl halides is 3. The molecule has 1 atom stereocenters. The minimum absolute atomic E-state index is 0.00524. The topological polar surface area (TPSA) is 116 Å². The van der Waals surface area contributed by atoms with E-state index in [4.69, 9.17) is 29.5 Å². The van der Waals surface area contributed by atoms with Crippen molar-refractivity contribution in [2.24, 2.45) is 5.41 Å². The van der Waals surface area contributed by atoms with E-state index in [1.54, 1.807) is 4.90 Å². The maximum atomic E-state index is 12.6. The summed E-state index contributed by atoms with van der Waals surface area (Å²) in [7, 11) is -0.929. The van der Waals surface area contributed by atoms with E-state index in [0.29, 0.717) is 95.5 Å². The highest BCUT2D eigenvalue weighted by Gasteiger charge is 2.39. The van der Waals surface area contributed by atoms with Crippen molar-refractivity contribution in [3.05, 3.63) is 22.8 Å². The molecule has 0 radical (unpaired) electrons. The summed E-state index contributed by atoms with van der Waals surface area (Å²) >= 11 is 0. The van der Waals surface area contributed by atoms with Crippen LogP contribution in [0, 0.1) is 18.6 Å². The maximum Gasteiger partial charge on any atom is 0.471 e. The normalized spacial score (nSPS) is 15.4. The number of aliphatic hydroxyl groups excluding tert-OH is 1. The van der Waals surface area contributed by atoms with Gasteiger partial charge in [0.05, 0.1) is 6.61 Å². The number of likely N-dealkylation sites (tertiary alicyclic amines) is 1. The van der Waals surface area contributed by atoms with Gasteiger partial charge in [-0.2, -0.15) is 13.2 Å². The molecule has 58 heavy (non-hydrogen) atoms. The fourth-order valence-electron chi connectivity index (χ4n) is 6.32.